The number of aryl methyl sites for hydroxylation is 2. The molecule has 5 nitrogen and oxygen atoms in total. The number of rotatable bonds is 9. The zero-order chi connectivity index (χ0) is 25.7. The van der Waals surface area contributed by atoms with E-state index in [0.29, 0.717) is 40.6 Å². The Morgan fingerprint density at radius 1 is 1.03 bits per heavy atom. The number of thioether (sulfide) groups is 1. The van der Waals surface area contributed by atoms with Gasteiger partial charge in [0.05, 0.1) is 17.4 Å². The van der Waals surface area contributed by atoms with Crippen LogP contribution in [0, 0.1) is 19.8 Å². The Balaban J connectivity index is 1.59. The summed E-state index contributed by atoms with van der Waals surface area (Å²) in [4.78, 5) is 30.8. The van der Waals surface area contributed by atoms with Gasteiger partial charge in [-0.05, 0) is 67.1 Å². The number of hydrogen-bond donors (Lipinski definition) is 1. The van der Waals surface area contributed by atoms with Gasteiger partial charge in [-0.3, -0.25) is 14.2 Å². The van der Waals surface area contributed by atoms with Crippen LogP contribution in [0.2, 0.25) is 0 Å². The predicted octanol–water partition coefficient (Wildman–Crippen LogP) is 6.13. The van der Waals surface area contributed by atoms with Crippen LogP contribution < -0.4 is 10.9 Å². The van der Waals surface area contributed by atoms with Gasteiger partial charge in [0.1, 0.15) is 0 Å². The van der Waals surface area contributed by atoms with Gasteiger partial charge in [-0.2, -0.15) is 0 Å². The first-order valence-electron chi connectivity index (χ1n) is 12.4. The molecular weight excluding hydrogens is 466 g/mol. The smallest absolute Gasteiger partial charge is 0.262 e. The number of nitrogens with zero attached hydrogens (tertiary/aromatic N) is 2. The Morgan fingerprint density at radius 3 is 2.53 bits per heavy atom. The number of carbonyl (C=O) groups is 1. The lowest BCUT2D eigenvalue weighted by Crippen LogP contribution is -2.25. The molecule has 0 bridgehead atoms. The van der Waals surface area contributed by atoms with E-state index >= 15 is 0 Å². The van der Waals surface area contributed by atoms with Gasteiger partial charge in [0, 0.05) is 17.9 Å². The fourth-order valence-electron chi connectivity index (χ4n) is 4.02. The van der Waals surface area contributed by atoms with Crippen LogP contribution in [-0.4, -0.2) is 22.0 Å². The van der Waals surface area contributed by atoms with E-state index in [9.17, 15) is 9.59 Å². The van der Waals surface area contributed by atoms with Crippen LogP contribution >= 0.6 is 11.8 Å². The number of amides is 1. The highest BCUT2D eigenvalue weighted by Crippen LogP contribution is 2.25. The number of carbonyl (C=O) groups excluding carboxylic acids is 1. The Kier molecular flexibility index (Phi) is 8.26. The van der Waals surface area contributed by atoms with Crippen molar-refractivity contribution in [2.75, 3.05) is 6.54 Å². The Morgan fingerprint density at radius 2 is 1.78 bits per heavy atom. The van der Waals surface area contributed by atoms with Crippen molar-refractivity contribution in [1.82, 2.24) is 14.9 Å². The molecule has 0 aliphatic rings. The molecule has 0 aliphatic heterocycles. The fraction of sp³-hybridized carbons (Fsp3) is 0.300. The van der Waals surface area contributed by atoms with Crippen LogP contribution in [0.5, 0.6) is 0 Å². The highest BCUT2D eigenvalue weighted by Gasteiger charge is 2.14. The van der Waals surface area contributed by atoms with E-state index in [1.807, 2.05) is 48.5 Å². The molecule has 0 unspecified atom stereocenters. The first kappa shape index (κ1) is 25.7. The molecular formula is C30H33N3O2S. The summed E-state index contributed by atoms with van der Waals surface area (Å²) in [6.07, 6.45) is 0.949. The van der Waals surface area contributed by atoms with E-state index in [-0.39, 0.29) is 11.5 Å². The van der Waals surface area contributed by atoms with Crippen LogP contribution in [0.1, 0.15) is 52.9 Å². The number of benzene rings is 3. The quantitative estimate of drug-likeness (QED) is 0.222. The highest BCUT2D eigenvalue weighted by atomic mass is 32.2. The molecule has 0 spiro atoms. The minimum atomic E-state index is -0.0727. The third kappa shape index (κ3) is 6.24. The van der Waals surface area contributed by atoms with Gasteiger partial charge in [-0.1, -0.05) is 73.6 Å². The van der Waals surface area contributed by atoms with Gasteiger partial charge < -0.3 is 5.32 Å². The molecule has 0 saturated heterocycles. The lowest BCUT2D eigenvalue weighted by atomic mass is 10.1. The number of fused-ring (bicyclic) bond motifs is 1. The van der Waals surface area contributed by atoms with E-state index in [2.05, 4.69) is 51.2 Å². The average Bonchev–Trinajstić information content (AvgIpc) is 2.86. The third-order valence-electron chi connectivity index (χ3n) is 6.25. The number of aromatic nitrogens is 2. The maximum absolute atomic E-state index is 13.5. The molecule has 1 aromatic heterocycles. The molecule has 0 fully saturated rings. The first-order chi connectivity index (χ1) is 17.3. The molecule has 0 radical (unpaired) electrons. The summed E-state index contributed by atoms with van der Waals surface area (Å²) >= 11 is 1.58. The van der Waals surface area contributed by atoms with Crippen LogP contribution in [0.3, 0.4) is 0 Å². The maximum Gasteiger partial charge on any atom is 0.262 e. The second kappa shape index (κ2) is 11.6. The van der Waals surface area contributed by atoms with Gasteiger partial charge in [0.15, 0.2) is 5.16 Å². The standard InChI is InChI=1S/C30H33N3O2S/c1-20(2)15-16-31-28(34)24-13-11-23(12-14-24)18-33-29(35)26-7-5-6-8-27(26)32-30(33)36-19-25-17-21(3)9-10-22(25)4/h5-14,17,20H,15-16,18-19H2,1-4H3,(H,31,34). The largest absolute Gasteiger partial charge is 0.352 e. The average molecular weight is 500 g/mol. The molecule has 186 valence electrons. The summed E-state index contributed by atoms with van der Waals surface area (Å²) in [5.74, 6) is 1.20. The molecule has 4 aromatic rings. The van der Waals surface area contributed by atoms with Gasteiger partial charge in [-0.15, -0.1) is 0 Å². The summed E-state index contributed by atoms with van der Waals surface area (Å²) < 4.78 is 1.75. The molecule has 1 N–H and O–H groups in total. The molecule has 0 saturated carbocycles. The van der Waals surface area contributed by atoms with E-state index in [0.717, 1.165) is 17.7 Å². The molecule has 0 atom stereocenters. The van der Waals surface area contributed by atoms with Gasteiger partial charge in [-0.25, -0.2) is 4.98 Å². The Bertz CT molecular complexity index is 1420. The van der Waals surface area contributed by atoms with Crippen LogP contribution in [0.15, 0.2) is 76.7 Å². The minimum Gasteiger partial charge on any atom is -0.352 e. The Labute approximate surface area is 217 Å². The third-order valence-corrected chi connectivity index (χ3v) is 7.28. The predicted molar refractivity (Wildman–Crippen MR) is 149 cm³/mol. The summed E-state index contributed by atoms with van der Waals surface area (Å²) in [7, 11) is 0. The normalized spacial score (nSPS) is 11.2. The van der Waals surface area contributed by atoms with Crippen molar-refractivity contribution in [2.45, 2.75) is 51.6 Å². The van der Waals surface area contributed by atoms with Crippen LogP contribution in [-0.2, 0) is 12.3 Å². The van der Waals surface area contributed by atoms with Gasteiger partial charge >= 0.3 is 0 Å². The van der Waals surface area contributed by atoms with Gasteiger partial charge in [0.25, 0.3) is 11.5 Å². The molecule has 1 heterocycles. The molecule has 6 heteroatoms. The van der Waals surface area contributed by atoms with Crippen molar-refractivity contribution >= 4 is 28.6 Å². The summed E-state index contributed by atoms with van der Waals surface area (Å²) in [6, 6.07) is 21.4. The monoisotopic (exact) mass is 499 g/mol. The Hall–Kier alpha value is -3.38. The van der Waals surface area contributed by atoms with E-state index < -0.39 is 0 Å². The van der Waals surface area contributed by atoms with Crippen molar-refractivity contribution in [3.8, 4) is 0 Å². The van der Waals surface area contributed by atoms with E-state index in [1.165, 1.54) is 16.7 Å². The van der Waals surface area contributed by atoms with E-state index in [4.69, 9.17) is 4.98 Å². The molecule has 36 heavy (non-hydrogen) atoms. The van der Waals surface area contributed by atoms with Crippen LogP contribution in [0.25, 0.3) is 10.9 Å². The lowest BCUT2D eigenvalue weighted by Gasteiger charge is -2.14. The van der Waals surface area contributed by atoms with Crippen molar-refractivity contribution < 1.29 is 4.79 Å². The van der Waals surface area contributed by atoms with E-state index in [1.54, 1.807) is 16.3 Å². The molecule has 0 aliphatic carbocycles. The first-order valence-corrected chi connectivity index (χ1v) is 13.4. The summed E-state index contributed by atoms with van der Waals surface area (Å²) in [6.45, 7) is 9.53. The summed E-state index contributed by atoms with van der Waals surface area (Å²) in [5.41, 5.74) is 5.90. The lowest BCUT2D eigenvalue weighted by molar-refractivity contribution is 0.0952. The molecule has 3 aromatic carbocycles. The number of hydrogen-bond acceptors (Lipinski definition) is 4. The summed E-state index contributed by atoms with van der Waals surface area (Å²) in [5, 5.41) is 4.27. The van der Waals surface area contributed by atoms with Crippen LogP contribution in [0.4, 0.5) is 0 Å². The van der Waals surface area contributed by atoms with Crippen molar-refractivity contribution in [2.24, 2.45) is 5.92 Å². The van der Waals surface area contributed by atoms with Gasteiger partial charge in [0.2, 0.25) is 0 Å². The number of nitrogens with one attached hydrogen (secondary N) is 1. The zero-order valence-electron chi connectivity index (χ0n) is 21.4. The maximum atomic E-state index is 13.5. The second-order valence-electron chi connectivity index (χ2n) is 9.66. The number of para-hydroxylation sites is 1. The second-order valence-corrected chi connectivity index (χ2v) is 10.6. The fourth-order valence-corrected chi connectivity index (χ4v) is 5.08. The molecule has 4 rings (SSSR count). The minimum absolute atomic E-state index is 0.0560. The van der Waals surface area contributed by atoms with Crippen molar-refractivity contribution in [3.63, 3.8) is 0 Å². The highest BCUT2D eigenvalue weighted by molar-refractivity contribution is 7.98. The van der Waals surface area contributed by atoms with Crippen molar-refractivity contribution in [3.05, 3.63) is 105 Å². The van der Waals surface area contributed by atoms with Crippen molar-refractivity contribution in [1.29, 1.82) is 0 Å². The SMILES string of the molecule is Cc1ccc(C)c(CSc2nc3ccccc3c(=O)n2Cc2ccc(C(=O)NCCC(C)C)cc2)c1. The molecule has 1 amide bonds. The zero-order valence-corrected chi connectivity index (χ0v) is 22.2. The topological polar surface area (TPSA) is 64.0 Å².